The van der Waals surface area contributed by atoms with Gasteiger partial charge in [-0.05, 0) is 0 Å². The Labute approximate surface area is 129 Å². The summed E-state index contributed by atoms with van der Waals surface area (Å²) in [4.78, 5) is 70.3. The Morgan fingerprint density at radius 1 is 0.696 bits per heavy atom. The Bertz CT molecular complexity index is 566. The maximum Gasteiger partial charge on any atom is 0.426 e. The van der Waals surface area contributed by atoms with Crippen molar-refractivity contribution in [2.45, 2.75) is 44.3 Å². The van der Waals surface area contributed by atoms with Gasteiger partial charge in [-0.3, -0.25) is 19.2 Å². The first-order valence-corrected chi connectivity index (χ1v) is 7.00. The predicted molar refractivity (Wildman–Crippen MR) is 67.1 cm³/mol. The summed E-state index contributed by atoms with van der Waals surface area (Å²) in [5, 5.41) is 0. The van der Waals surface area contributed by atoms with Crippen LogP contribution in [0.2, 0.25) is 0 Å². The molecule has 0 spiro atoms. The highest BCUT2D eigenvalue weighted by Gasteiger charge is 2.55. The molecule has 0 bridgehead atoms. The van der Waals surface area contributed by atoms with Crippen molar-refractivity contribution < 1.29 is 38.2 Å². The maximum absolute atomic E-state index is 11.9. The Hall–Kier alpha value is -2.78. The Balaban J connectivity index is 1.64. The van der Waals surface area contributed by atoms with Crippen LogP contribution < -0.4 is 0 Å². The summed E-state index contributed by atoms with van der Waals surface area (Å²) in [6.45, 7) is 0. The van der Waals surface area contributed by atoms with Crippen LogP contribution >= 0.6 is 0 Å². The zero-order valence-corrected chi connectivity index (χ0v) is 11.9. The molecule has 0 aromatic rings. The molecule has 1 saturated carbocycles. The Kier molecular flexibility index (Phi) is 3.38. The molecule has 10 nitrogen and oxygen atoms in total. The molecule has 0 aromatic heterocycles. The highest BCUT2D eigenvalue weighted by Crippen LogP contribution is 2.42. The van der Waals surface area contributed by atoms with E-state index in [1.165, 1.54) is 0 Å². The fraction of sp³-hybridized carbons (Fsp3) is 0.538. The largest absolute Gasteiger partial charge is 0.426 e. The molecule has 6 amide bonds. The van der Waals surface area contributed by atoms with E-state index < -0.39 is 41.6 Å². The first-order chi connectivity index (χ1) is 10.8. The van der Waals surface area contributed by atoms with Crippen LogP contribution in [0.15, 0.2) is 0 Å². The molecule has 1 aliphatic carbocycles. The van der Waals surface area contributed by atoms with E-state index in [4.69, 9.17) is 9.47 Å². The van der Waals surface area contributed by atoms with Crippen molar-refractivity contribution in [2.24, 2.45) is 0 Å². The Morgan fingerprint density at radius 2 is 1.00 bits per heavy atom. The molecule has 3 fully saturated rings. The summed E-state index contributed by atoms with van der Waals surface area (Å²) in [5.41, 5.74) is 0. The lowest BCUT2D eigenvalue weighted by Gasteiger charge is -2.21. The van der Waals surface area contributed by atoms with E-state index in [0.717, 1.165) is 0 Å². The normalized spacial score (nSPS) is 22.6. The van der Waals surface area contributed by atoms with Crippen molar-refractivity contribution in [3.8, 4) is 0 Å². The minimum absolute atomic E-state index is 0.0858. The van der Waals surface area contributed by atoms with Crippen molar-refractivity contribution in [1.82, 2.24) is 9.80 Å². The summed E-state index contributed by atoms with van der Waals surface area (Å²) in [5.74, 6) is -4.39. The second kappa shape index (κ2) is 5.14. The zero-order chi connectivity index (χ0) is 16.8. The van der Waals surface area contributed by atoms with Crippen molar-refractivity contribution in [3.05, 3.63) is 0 Å². The first kappa shape index (κ1) is 15.1. The lowest BCUT2D eigenvalue weighted by Crippen LogP contribution is -2.43. The molecule has 3 aliphatic rings. The van der Waals surface area contributed by atoms with E-state index in [2.05, 4.69) is 0 Å². The number of carbonyl (C=O) groups is 6. The maximum atomic E-state index is 11.9. The first-order valence-electron chi connectivity index (χ1n) is 7.00. The Morgan fingerprint density at radius 3 is 1.26 bits per heavy atom. The third kappa shape index (κ3) is 2.67. The van der Waals surface area contributed by atoms with Gasteiger partial charge < -0.3 is 9.47 Å². The lowest BCUT2D eigenvalue weighted by atomic mass is 10.4. The molecule has 122 valence electrons. The van der Waals surface area contributed by atoms with Gasteiger partial charge in [0.15, 0.2) is 0 Å². The van der Waals surface area contributed by atoms with Gasteiger partial charge in [0.2, 0.25) is 23.6 Å². The molecule has 3 rings (SSSR count). The van der Waals surface area contributed by atoms with Crippen molar-refractivity contribution in [2.75, 3.05) is 0 Å². The fourth-order valence-corrected chi connectivity index (χ4v) is 2.30. The molecule has 2 saturated heterocycles. The second-order valence-electron chi connectivity index (χ2n) is 5.39. The minimum atomic E-state index is -1.64. The molecule has 0 radical (unpaired) electrons. The molecule has 23 heavy (non-hydrogen) atoms. The number of hydrogen-bond donors (Lipinski definition) is 0. The summed E-state index contributed by atoms with van der Waals surface area (Å²) in [6, 6.07) is 0. The average Bonchev–Trinajstić information content (AvgIpc) is 2.99. The summed E-state index contributed by atoms with van der Waals surface area (Å²) < 4.78 is 9.85. The third-order valence-corrected chi connectivity index (χ3v) is 3.67. The number of likely N-dealkylation sites (tertiary alicyclic amines) is 2. The topological polar surface area (TPSA) is 127 Å². The van der Waals surface area contributed by atoms with Crippen LogP contribution in [0.3, 0.4) is 0 Å². The van der Waals surface area contributed by atoms with E-state index in [1.54, 1.807) is 0 Å². The third-order valence-electron chi connectivity index (χ3n) is 3.67. The van der Waals surface area contributed by atoms with Crippen LogP contribution in [0.5, 0.6) is 0 Å². The molecule has 0 atom stereocenters. The SMILES string of the molecule is O=C1CCC(=O)N1C(=O)OC1(OC(=O)N2C(=O)CCC2=O)CC1. The number of amides is 6. The van der Waals surface area contributed by atoms with Gasteiger partial charge in [0, 0.05) is 38.5 Å². The van der Waals surface area contributed by atoms with E-state index >= 15 is 0 Å². The van der Waals surface area contributed by atoms with E-state index in [0.29, 0.717) is 9.80 Å². The summed E-state index contributed by atoms with van der Waals surface area (Å²) in [7, 11) is 0. The molecule has 0 unspecified atom stereocenters. The van der Waals surface area contributed by atoms with Gasteiger partial charge in [0.1, 0.15) is 0 Å². The average molecular weight is 324 g/mol. The van der Waals surface area contributed by atoms with Crippen LogP contribution in [-0.4, -0.2) is 51.4 Å². The molecular formula is C13H12N2O8. The predicted octanol–water partition coefficient (Wildman–Crippen LogP) is 0.0477. The number of rotatable bonds is 2. The van der Waals surface area contributed by atoms with Crippen molar-refractivity contribution >= 4 is 35.8 Å². The summed E-state index contributed by atoms with van der Waals surface area (Å²) >= 11 is 0. The van der Waals surface area contributed by atoms with Crippen molar-refractivity contribution in [3.63, 3.8) is 0 Å². The quantitative estimate of drug-likeness (QED) is 0.515. The van der Waals surface area contributed by atoms with Crippen LogP contribution in [0.1, 0.15) is 38.5 Å². The molecular weight excluding hydrogens is 312 g/mol. The van der Waals surface area contributed by atoms with Gasteiger partial charge in [-0.15, -0.1) is 0 Å². The molecule has 0 N–H and O–H groups in total. The molecule has 2 aliphatic heterocycles. The van der Waals surface area contributed by atoms with E-state index in [1.807, 2.05) is 0 Å². The number of hydrogen-bond acceptors (Lipinski definition) is 8. The van der Waals surface area contributed by atoms with Gasteiger partial charge in [-0.1, -0.05) is 0 Å². The van der Waals surface area contributed by atoms with Gasteiger partial charge in [-0.2, -0.15) is 9.80 Å². The highest BCUT2D eigenvalue weighted by molar-refractivity contribution is 6.14. The standard InChI is InChI=1S/C13H12N2O8/c16-7-1-2-8(17)14(7)11(20)22-13(5-6-13)23-12(21)15-9(18)3-4-10(15)19/h1-6H2. The van der Waals surface area contributed by atoms with E-state index in [9.17, 15) is 28.8 Å². The zero-order valence-electron chi connectivity index (χ0n) is 11.9. The van der Waals surface area contributed by atoms with Crippen molar-refractivity contribution in [1.29, 1.82) is 0 Å². The highest BCUT2D eigenvalue weighted by atomic mass is 16.8. The van der Waals surface area contributed by atoms with Gasteiger partial charge in [-0.25, -0.2) is 9.59 Å². The molecule has 2 heterocycles. The second-order valence-corrected chi connectivity index (χ2v) is 5.39. The van der Waals surface area contributed by atoms with Crippen LogP contribution in [0.4, 0.5) is 9.59 Å². The summed E-state index contributed by atoms with van der Waals surface area (Å²) in [6.07, 6.45) is -2.48. The van der Waals surface area contributed by atoms with E-state index in [-0.39, 0.29) is 38.5 Å². The lowest BCUT2D eigenvalue weighted by molar-refractivity contribution is -0.143. The minimum Gasteiger partial charge on any atom is -0.405 e. The molecule has 10 heteroatoms. The van der Waals surface area contributed by atoms with Gasteiger partial charge in [0.25, 0.3) is 5.79 Å². The van der Waals surface area contributed by atoms with Gasteiger partial charge >= 0.3 is 12.2 Å². The number of imide groups is 6. The monoisotopic (exact) mass is 324 g/mol. The van der Waals surface area contributed by atoms with Crippen LogP contribution in [0, 0.1) is 0 Å². The smallest absolute Gasteiger partial charge is 0.405 e. The molecule has 0 aromatic carbocycles. The van der Waals surface area contributed by atoms with Crippen LogP contribution in [-0.2, 0) is 28.7 Å². The number of ether oxygens (including phenoxy) is 2. The number of carbonyl (C=O) groups excluding carboxylic acids is 6. The van der Waals surface area contributed by atoms with Gasteiger partial charge in [0.05, 0.1) is 0 Å². The number of nitrogens with zero attached hydrogens (tertiary/aromatic N) is 2. The van der Waals surface area contributed by atoms with Crippen LogP contribution in [0.25, 0.3) is 0 Å². The fourth-order valence-electron chi connectivity index (χ4n) is 2.30.